The zero-order valence-electron chi connectivity index (χ0n) is 15.2. The van der Waals surface area contributed by atoms with Gasteiger partial charge in [-0.2, -0.15) is 4.98 Å². The molecule has 3 aromatic rings. The van der Waals surface area contributed by atoms with Crippen molar-refractivity contribution in [1.82, 2.24) is 10.1 Å². The maximum Gasteiger partial charge on any atom is 0.232 e. The Hall–Kier alpha value is -2.66. The van der Waals surface area contributed by atoms with Gasteiger partial charge in [0.2, 0.25) is 17.6 Å². The summed E-state index contributed by atoms with van der Waals surface area (Å²) in [6, 6.07) is 15.4. The number of anilines is 1. The first-order valence-corrected chi connectivity index (χ1v) is 9.39. The average Bonchev–Trinajstić information content (AvgIpc) is 3.29. The predicted molar refractivity (Wildman–Crippen MR) is 105 cm³/mol. The lowest BCUT2D eigenvalue weighted by atomic mass is 10.0. The molecule has 138 valence electrons. The molecule has 6 heteroatoms. The van der Waals surface area contributed by atoms with Gasteiger partial charge in [-0.3, -0.25) is 4.79 Å². The van der Waals surface area contributed by atoms with E-state index in [2.05, 4.69) is 36.1 Å². The van der Waals surface area contributed by atoms with Crippen LogP contribution in [-0.4, -0.2) is 22.6 Å². The van der Waals surface area contributed by atoms with Crippen molar-refractivity contribution in [2.75, 3.05) is 11.4 Å². The van der Waals surface area contributed by atoms with Crippen molar-refractivity contribution in [2.24, 2.45) is 0 Å². The van der Waals surface area contributed by atoms with Gasteiger partial charge in [0.15, 0.2) is 0 Å². The van der Waals surface area contributed by atoms with Gasteiger partial charge in [-0.05, 0) is 47.9 Å². The molecule has 2 heterocycles. The number of amides is 1. The second-order valence-corrected chi connectivity index (χ2v) is 7.55. The molecular weight excluding hydrogens is 362 g/mol. The number of benzene rings is 2. The van der Waals surface area contributed by atoms with E-state index in [1.165, 1.54) is 5.56 Å². The quantitative estimate of drug-likeness (QED) is 0.635. The first-order chi connectivity index (χ1) is 13.0. The van der Waals surface area contributed by atoms with Crippen LogP contribution in [-0.2, 0) is 4.79 Å². The zero-order valence-corrected chi connectivity index (χ0v) is 16.0. The first-order valence-electron chi connectivity index (χ1n) is 9.01. The summed E-state index contributed by atoms with van der Waals surface area (Å²) in [5.41, 5.74) is 3.00. The van der Waals surface area contributed by atoms with Crippen LogP contribution in [0.4, 0.5) is 5.69 Å². The van der Waals surface area contributed by atoms with Crippen LogP contribution in [0.5, 0.6) is 0 Å². The van der Waals surface area contributed by atoms with Crippen LogP contribution >= 0.6 is 11.6 Å². The molecule has 0 aliphatic carbocycles. The summed E-state index contributed by atoms with van der Waals surface area (Å²) in [6.45, 7) is 4.85. The molecule has 1 fully saturated rings. The van der Waals surface area contributed by atoms with Crippen LogP contribution in [0.15, 0.2) is 53.1 Å². The van der Waals surface area contributed by atoms with Crippen molar-refractivity contribution in [3.05, 3.63) is 65.0 Å². The minimum absolute atomic E-state index is 0.0727. The Bertz CT molecular complexity index is 948. The predicted octanol–water partition coefficient (Wildman–Crippen LogP) is 5.03. The molecule has 4 rings (SSSR count). The van der Waals surface area contributed by atoms with E-state index in [-0.39, 0.29) is 11.8 Å². The number of halogens is 1. The molecule has 1 aliphatic rings. The molecule has 1 aromatic heterocycles. The molecule has 0 N–H and O–H groups in total. The smallest absolute Gasteiger partial charge is 0.232 e. The van der Waals surface area contributed by atoms with Crippen LogP contribution in [0, 0.1) is 0 Å². The fourth-order valence-electron chi connectivity index (χ4n) is 3.28. The lowest BCUT2D eigenvalue weighted by molar-refractivity contribution is -0.117. The Morgan fingerprint density at radius 3 is 2.48 bits per heavy atom. The van der Waals surface area contributed by atoms with Crippen LogP contribution in [0.1, 0.15) is 43.6 Å². The summed E-state index contributed by atoms with van der Waals surface area (Å²) in [7, 11) is 0. The van der Waals surface area contributed by atoms with Gasteiger partial charge < -0.3 is 9.42 Å². The van der Waals surface area contributed by atoms with E-state index in [1.54, 1.807) is 17.0 Å². The number of carbonyl (C=O) groups excluding carboxylic acids is 1. The van der Waals surface area contributed by atoms with E-state index in [1.807, 2.05) is 24.3 Å². The highest BCUT2D eigenvalue weighted by Crippen LogP contribution is 2.32. The molecule has 5 nitrogen and oxygen atoms in total. The molecule has 2 aromatic carbocycles. The molecule has 1 atom stereocenters. The van der Waals surface area contributed by atoms with E-state index < -0.39 is 0 Å². The van der Waals surface area contributed by atoms with Gasteiger partial charge >= 0.3 is 0 Å². The number of rotatable bonds is 4. The third-order valence-corrected chi connectivity index (χ3v) is 5.14. The molecular formula is C21H20ClN3O2. The Labute approximate surface area is 163 Å². The Kier molecular flexibility index (Phi) is 4.70. The highest BCUT2D eigenvalue weighted by molar-refractivity contribution is 6.30. The lowest BCUT2D eigenvalue weighted by Gasteiger charge is -2.17. The number of hydrogen-bond donors (Lipinski definition) is 0. The van der Waals surface area contributed by atoms with Crippen molar-refractivity contribution in [3.8, 4) is 11.4 Å². The minimum atomic E-state index is -0.101. The van der Waals surface area contributed by atoms with Crippen LogP contribution in [0.2, 0.25) is 5.02 Å². The van der Waals surface area contributed by atoms with Crippen LogP contribution in [0.3, 0.4) is 0 Å². The second-order valence-electron chi connectivity index (χ2n) is 7.11. The van der Waals surface area contributed by atoms with Crippen molar-refractivity contribution >= 4 is 23.2 Å². The first kappa shape index (κ1) is 17.7. The van der Waals surface area contributed by atoms with E-state index >= 15 is 0 Å². The van der Waals surface area contributed by atoms with E-state index in [0.29, 0.717) is 35.6 Å². The molecule has 1 aliphatic heterocycles. The molecule has 0 saturated carbocycles. The average molecular weight is 382 g/mol. The van der Waals surface area contributed by atoms with Crippen molar-refractivity contribution in [2.45, 2.75) is 32.1 Å². The summed E-state index contributed by atoms with van der Waals surface area (Å²) in [4.78, 5) is 18.8. The summed E-state index contributed by atoms with van der Waals surface area (Å²) in [5.74, 6) is 1.44. The van der Waals surface area contributed by atoms with Gasteiger partial charge in [0.25, 0.3) is 0 Å². The number of aromatic nitrogens is 2. The molecule has 1 amide bonds. The van der Waals surface area contributed by atoms with Gasteiger partial charge in [-0.1, -0.05) is 42.7 Å². The zero-order chi connectivity index (χ0) is 19.0. The molecule has 1 unspecified atom stereocenters. The summed E-state index contributed by atoms with van der Waals surface area (Å²) in [5, 5.41) is 4.71. The third kappa shape index (κ3) is 3.60. The Balaban J connectivity index is 1.51. The molecule has 27 heavy (non-hydrogen) atoms. The lowest BCUT2D eigenvalue weighted by Crippen LogP contribution is -2.24. The highest BCUT2D eigenvalue weighted by Gasteiger charge is 2.35. The van der Waals surface area contributed by atoms with Gasteiger partial charge in [0.05, 0.1) is 5.92 Å². The van der Waals surface area contributed by atoms with E-state index in [0.717, 1.165) is 11.3 Å². The molecule has 0 radical (unpaired) electrons. The second kappa shape index (κ2) is 7.16. The van der Waals surface area contributed by atoms with Crippen molar-refractivity contribution < 1.29 is 9.32 Å². The fourth-order valence-corrected chi connectivity index (χ4v) is 3.40. The monoisotopic (exact) mass is 381 g/mol. The maximum absolute atomic E-state index is 12.5. The third-order valence-electron chi connectivity index (χ3n) is 4.89. The van der Waals surface area contributed by atoms with Crippen molar-refractivity contribution in [3.63, 3.8) is 0 Å². The van der Waals surface area contributed by atoms with Gasteiger partial charge in [-0.15, -0.1) is 0 Å². The maximum atomic E-state index is 12.5. The van der Waals surface area contributed by atoms with E-state index in [4.69, 9.17) is 16.1 Å². The molecule has 1 saturated heterocycles. The van der Waals surface area contributed by atoms with Gasteiger partial charge in [0.1, 0.15) is 0 Å². The molecule has 0 bridgehead atoms. The van der Waals surface area contributed by atoms with Gasteiger partial charge in [-0.25, -0.2) is 0 Å². The van der Waals surface area contributed by atoms with Crippen LogP contribution < -0.4 is 4.90 Å². The number of nitrogens with zero attached hydrogens (tertiary/aromatic N) is 3. The number of hydrogen-bond acceptors (Lipinski definition) is 4. The standard InChI is InChI=1S/C21H20ClN3O2/c1-13(2)14-5-9-18(10-6-14)25-12-16(11-19(25)26)21-23-20(24-27-21)15-3-7-17(22)8-4-15/h3-10,13,16H,11-12H2,1-2H3. The largest absolute Gasteiger partial charge is 0.339 e. The Morgan fingerprint density at radius 2 is 1.81 bits per heavy atom. The highest BCUT2D eigenvalue weighted by atomic mass is 35.5. The topological polar surface area (TPSA) is 59.2 Å². The summed E-state index contributed by atoms with van der Waals surface area (Å²) >= 11 is 5.92. The van der Waals surface area contributed by atoms with Crippen LogP contribution in [0.25, 0.3) is 11.4 Å². The SMILES string of the molecule is CC(C)c1ccc(N2CC(c3nc(-c4ccc(Cl)cc4)no3)CC2=O)cc1. The molecule has 0 spiro atoms. The van der Waals surface area contributed by atoms with E-state index in [9.17, 15) is 4.79 Å². The minimum Gasteiger partial charge on any atom is -0.339 e. The Morgan fingerprint density at radius 1 is 1.11 bits per heavy atom. The number of carbonyl (C=O) groups is 1. The summed E-state index contributed by atoms with van der Waals surface area (Å²) in [6.07, 6.45) is 0.369. The van der Waals surface area contributed by atoms with Gasteiger partial charge in [0, 0.05) is 29.2 Å². The summed E-state index contributed by atoms with van der Waals surface area (Å²) < 4.78 is 5.44. The normalized spacial score (nSPS) is 17.1. The van der Waals surface area contributed by atoms with Crippen molar-refractivity contribution in [1.29, 1.82) is 0 Å². The fraction of sp³-hybridized carbons (Fsp3) is 0.286.